The molecule has 0 radical (unpaired) electrons. The second kappa shape index (κ2) is 11.9. The first-order chi connectivity index (χ1) is 19.5. The Balaban J connectivity index is 1.73. The van der Waals surface area contributed by atoms with Crippen LogP contribution in [-0.4, -0.2) is 37.6 Å². The number of carboxylic acid groups (broad SMARTS) is 1. The first-order valence-corrected chi connectivity index (χ1v) is 16.6. The van der Waals surface area contributed by atoms with Crippen molar-refractivity contribution < 1.29 is 31.1 Å². The van der Waals surface area contributed by atoms with Crippen molar-refractivity contribution in [3.63, 3.8) is 0 Å². The molecule has 1 aromatic heterocycles. The molecule has 0 aliphatic rings. The van der Waals surface area contributed by atoms with Crippen molar-refractivity contribution in [3.05, 3.63) is 99.5 Å². The van der Waals surface area contributed by atoms with Crippen LogP contribution >= 0.6 is 35.0 Å². The average Bonchev–Trinajstić information content (AvgIpc) is 3.31. The minimum absolute atomic E-state index is 0.0378. The highest BCUT2D eigenvalue weighted by atomic mass is 35.5. The lowest BCUT2D eigenvalue weighted by atomic mass is 9.81. The molecule has 1 amide bonds. The molecule has 4 N–H and O–H groups in total. The number of halogens is 3. The van der Waals surface area contributed by atoms with Crippen molar-refractivity contribution in [2.75, 3.05) is 0 Å². The van der Waals surface area contributed by atoms with Gasteiger partial charge < -0.3 is 5.11 Å². The van der Waals surface area contributed by atoms with Gasteiger partial charge in [0.2, 0.25) is 10.0 Å². The number of rotatable bonds is 9. The molecule has 0 spiro atoms. The fourth-order valence-electron chi connectivity index (χ4n) is 4.11. The van der Waals surface area contributed by atoms with Crippen molar-refractivity contribution in [1.82, 2.24) is 14.3 Å². The Morgan fingerprint density at radius 1 is 1.05 bits per heavy atom. The fourth-order valence-corrected chi connectivity index (χ4v) is 7.46. The van der Waals surface area contributed by atoms with Crippen molar-refractivity contribution in [3.8, 4) is 5.69 Å². The molecule has 42 heavy (non-hydrogen) atoms. The number of carbonyl (C=O) groups is 1. The van der Waals surface area contributed by atoms with E-state index in [1.165, 1.54) is 52.9 Å². The largest absolute Gasteiger partial charge is 0.464 e. The van der Waals surface area contributed by atoms with Crippen LogP contribution in [0.5, 0.6) is 0 Å². The van der Waals surface area contributed by atoms with E-state index in [9.17, 15) is 26.0 Å². The summed E-state index contributed by atoms with van der Waals surface area (Å²) in [6, 6.07) is 14.1. The summed E-state index contributed by atoms with van der Waals surface area (Å²) in [5, 5.41) is 14.6. The number of sulfonamides is 2. The van der Waals surface area contributed by atoms with Gasteiger partial charge in [-0.3, -0.25) is 4.57 Å². The van der Waals surface area contributed by atoms with Crippen molar-refractivity contribution >= 4 is 61.1 Å². The summed E-state index contributed by atoms with van der Waals surface area (Å²) in [7, 11) is -8.33. The van der Waals surface area contributed by atoms with Gasteiger partial charge in [-0.1, -0.05) is 60.9 Å². The van der Waals surface area contributed by atoms with Crippen LogP contribution in [0.1, 0.15) is 30.7 Å². The number of nitrogens with two attached hydrogens (primary N) is 1. The number of amides is 1. The molecule has 0 fully saturated rings. The number of hydrogen-bond acceptors (Lipinski definition) is 7. The van der Waals surface area contributed by atoms with Crippen LogP contribution in [0, 0.1) is 5.82 Å². The molecule has 4 rings (SSSR count). The van der Waals surface area contributed by atoms with Crippen molar-refractivity contribution in [2.45, 2.75) is 40.0 Å². The van der Waals surface area contributed by atoms with Crippen molar-refractivity contribution in [2.24, 2.45) is 5.14 Å². The molecule has 222 valence electrons. The molecule has 1 heterocycles. The molecule has 0 saturated heterocycles. The van der Waals surface area contributed by atoms with E-state index in [1.807, 2.05) is 18.4 Å². The Labute approximate surface area is 255 Å². The van der Waals surface area contributed by atoms with Gasteiger partial charge >= 0.3 is 6.09 Å². The normalized spacial score (nSPS) is 12.3. The molecule has 0 aliphatic carbocycles. The molecular formula is C26H23Cl2FN4O6S3. The van der Waals surface area contributed by atoms with E-state index in [2.05, 4.69) is 4.98 Å². The van der Waals surface area contributed by atoms with Crippen LogP contribution in [0.4, 0.5) is 9.18 Å². The number of nitrogens with one attached hydrogen (secondary N) is 1. The smallest absolute Gasteiger partial charge is 0.418 e. The van der Waals surface area contributed by atoms with Gasteiger partial charge in [0, 0.05) is 21.9 Å². The van der Waals surface area contributed by atoms with Gasteiger partial charge in [-0.15, -0.1) is 0 Å². The predicted molar refractivity (Wildman–Crippen MR) is 158 cm³/mol. The van der Waals surface area contributed by atoms with Gasteiger partial charge in [-0.2, -0.15) is 0 Å². The number of thioether (sulfide) groups is 1. The zero-order valence-corrected chi connectivity index (χ0v) is 25.8. The summed E-state index contributed by atoms with van der Waals surface area (Å²) in [6.45, 7) is 3.78. The molecule has 0 bridgehead atoms. The summed E-state index contributed by atoms with van der Waals surface area (Å²) >= 11 is 13.9. The Morgan fingerprint density at radius 2 is 1.71 bits per heavy atom. The Hall–Kier alpha value is -3.14. The van der Waals surface area contributed by atoms with Crippen LogP contribution in [-0.2, 0) is 31.2 Å². The van der Waals surface area contributed by atoms with Gasteiger partial charge in [0.25, 0.3) is 10.0 Å². The Bertz CT molecular complexity index is 1900. The number of hydrogen-bond donors (Lipinski definition) is 3. The molecular weight excluding hydrogens is 650 g/mol. The summed E-state index contributed by atoms with van der Waals surface area (Å²) in [4.78, 5) is 14.9. The molecule has 0 unspecified atom stereocenters. The third-order valence-electron chi connectivity index (χ3n) is 6.33. The lowest BCUT2D eigenvalue weighted by Gasteiger charge is -2.28. The van der Waals surface area contributed by atoms with Crippen molar-refractivity contribution in [1.29, 1.82) is 0 Å². The first-order valence-electron chi connectivity index (χ1n) is 11.8. The number of nitrogens with zero attached hydrogens (tertiary/aromatic N) is 2. The highest BCUT2D eigenvalue weighted by molar-refractivity contribution is 7.98. The molecule has 0 aliphatic heterocycles. The van der Waals surface area contributed by atoms with E-state index in [1.54, 1.807) is 24.4 Å². The van der Waals surface area contributed by atoms with Crippen LogP contribution in [0.3, 0.4) is 0 Å². The standard InChI is InChI=1S/C26H23Cl2FN4O6S3/c1-26(2,16-4-10-22(21(28)11-16)41(30,36)37)23-13-31-24(33(23)18-7-5-17(29)6-8-18)40-14-15-3-9-19(12-20(15)27)42(38,39)32-25(34)35/h3-13,32H,14H2,1-2H3,(H,34,35)(H2,30,36,37). The van der Waals surface area contributed by atoms with Gasteiger partial charge in [0.1, 0.15) is 10.7 Å². The van der Waals surface area contributed by atoms with Crippen LogP contribution in [0.2, 0.25) is 10.0 Å². The zero-order valence-electron chi connectivity index (χ0n) is 21.9. The highest BCUT2D eigenvalue weighted by Crippen LogP contribution is 2.39. The first kappa shape index (κ1) is 31.8. The molecule has 4 aromatic rings. The number of aromatic nitrogens is 2. The molecule has 0 atom stereocenters. The van der Waals surface area contributed by atoms with E-state index in [0.29, 0.717) is 27.7 Å². The van der Waals surface area contributed by atoms with Crippen LogP contribution in [0.25, 0.3) is 5.69 Å². The summed E-state index contributed by atoms with van der Waals surface area (Å²) < 4.78 is 65.1. The number of primary sulfonamides is 1. The molecule has 3 aromatic carbocycles. The van der Waals surface area contributed by atoms with E-state index in [4.69, 9.17) is 33.4 Å². The maximum Gasteiger partial charge on any atom is 0.418 e. The predicted octanol–water partition coefficient (Wildman–Crippen LogP) is 5.54. The topological polar surface area (TPSA) is 161 Å². The van der Waals surface area contributed by atoms with Gasteiger partial charge in [-0.05, 0) is 59.7 Å². The third-order valence-corrected chi connectivity index (χ3v) is 10.4. The monoisotopic (exact) mass is 672 g/mol. The quantitative estimate of drug-likeness (QED) is 0.195. The lowest BCUT2D eigenvalue weighted by Crippen LogP contribution is -2.28. The minimum Gasteiger partial charge on any atom is -0.464 e. The third kappa shape index (κ3) is 6.74. The van der Waals surface area contributed by atoms with E-state index >= 15 is 0 Å². The second-order valence-electron chi connectivity index (χ2n) is 9.51. The maximum atomic E-state index is 13.8. The van der Waals surface area contributed by atoms with Gasteiger partial charge in [-0.25, -0.2) is 40.9 Å². The van der Waals surface area contributed by atoms with E-state index in [0.717, 1.165) is 6.07 Å². The highest BCUT2D eigenvalue weighted by Gasteiger charge is 2.31. The molecule has 10 nitrogen and oxygen atoms in total. The van der Waals surface area contributed by atoms with Crippen LogP contribution in [0.15, 0.2) is 81.8 Å². The lowest BCUT2D eigenvalue weighted by molar-refractivity contribution is 0.201. The second-order valence-corrected chi connectivity index (χ2v) is 14.5. The Kier molecular flexibility index (Phi) is 8.98. The Morgan fingerprint density at radius 3 is 2.29 bits per heavy atom. The molecule has 16 heteroatoms. The number of imidazole rings is 1. The van der Waals surface area contributed by atoms with Gasteiger partial charge in [0.15, 0.2) is 5.16 Å². The van der Waals surface area contributed by atoms with Gasteiger partial charge in [0.05, 0.1) is 21.8 Å². The zero-order chi connectivity index (χ0) is 31.0. The summed E-state index contributed by atoms with van der Waals surface area (Å²) in [5.74, 6) is -0.183. The summed E-state index contributed by atoms with van der Waals surface area (Å²) in [6.07, 6.45) is -0.0816. The number of benzene rings is 3. The average molecular weight is 674 g/mol. The SMILES string of the molecule is CC(C)(c1ccc(S(N)(=O)=O)c(Cl)c1)c1cnc(SCc2ccc(S(=O)(=O)NC(=O)O)cc2Cl)n1-c1ccc(F)cc1. The van der Waals surface area contributed by atoms with E-state index < -0.39 is 37.4 Å². The van der Waals surface area contributed by atoms with E-state index in [-0.39, 0.29) is 25.6 Å². The molecule has 0 saturated carbocycles. The minimum atomic E-state index is -4.30. The fraction of sp³-hybridized carbons (Fsp3) is 0.154. The van der Waals surface area contributed by atoms with Crippen LogP contribution < -0.4 is 9.86 Å². The summed E-state index contributed by atoms with van der Waals surface area (Å²) in [5.41, 5.74) is 1.69. The maximum absolute atomic E-state index is 13.8.